The molecule has 29 heavy (non-hydrogen) atoms. The zero-order valence-corrected chi connectivity index (χ0v) is 17.7. The molecule has 0 aromatic heterocycles. The molecular formula is C17H30N4O7S. The fourth-order valence-corrected chi connectivity index (χ4v) is 2.70. The molecule has 4 atom stereocenters. The van der Waals surface area contributed by atoms with Crippen molar-refractivity contribution in [1.82, 2.24) is 16.0 Å². The van der Waals surface area contributed by atoms with Crippen LogP contribution in [-0.4, -0.2) is 76.0 Å². The number of hydrogen-bond acceptors (Lipinski definition) is 7. The van der Waals surface area contributed by atoms with Gasteiger partial charge >= 0.3 is 11.9 Å². The topological polar surface area (TPSA) is 188 Å². The van der Waals surface area contributed by atoms with E-state index in [1.807, 2.05) is 0 Å². The minimum absolute atomic E-state index is 0.185. The standard InChI is InChI=1S/C17H30N4O7S/c1-8(2)13(21-14(24)9(3)18)16(26)19-10(5-6-29-4)15(25)20-11(17(27)28)7-12(22)23/h8-11,13H,5-7,18H2,1-4H3,(H,19,26)(H,20,25)(H,21,24)(H,22,23)(H,27,28). The number of thioether (sulfide) groups is 1. The monoisotopic (exact) mass is 434 g/mol. The van der Waals surface area contributed by atoms with Crippen LogP contribution in [0, 0.1) is 5.92 Å². The highest BCUT2D eigenvalue weighted by Gasteiger charge is 2.31. The fraction of sp³-hybridized carbons (Fsp3) is 0.706. The summed E-state index contributed by atoms with van der Waals surface area (Å²) in [6.45, 7) is 4.87. The van der Waals surface area contributed by atoms with Crippen molar-refractivity contribution in [2.75, 3.05) is 12.0 Å². The number of rotatable bonds is 13. The molecule has 11 nitrogen and oxygen atoms in total. The van der Waals surface area contributed by atoms with Gasteiger partial charge in [0, 0.05) is 0 Å². The first kappa shape index (κ1) is 26.7. The summed E-state index contributed by atoms with van der Waals surface area (Å²) >= 11 is 1.41. The van der Waals surface area contributed by atoms with Crippen molar-refractivity contribution in [1.29, 1.82) is 0 Å². The van der Waals surface area contributed by atoms with Crippen molar-refractivity contribution in [3.8, 4) is 0 Å². The van der Waals surface area contributed by atoms with Crippen molar-refractivity contribution in [2.45, 2.75) is 57.8 Å². The Morgan fingerprint density at radius 1 is 0.897 bits per heavy atom. The summed E-state index contributed by atoms with van der Waals surface area (Å²) in [6.07, 6.45) is 1.18. The lowest BCUT2D eigenvalue weighted by Crippen LogP contribution is -2.58. The van der Waals surface area contributed by atoms with Crippen LogP contribution in [0.4, 0.5) is 0 Å². The highest BCUT2D eigenvalue weighted by Crippen LogP contribution is 2.07. The van der Waals surface area contributed by atoms with Gasteiger partial charge in [0.2, 0.25) is 17.7 Å². The van der Waals surface area contributed by atoms with Crippen LogP contribution >= 0.6 is 11.8 Å². The molecule has 0 fully saturated rings. The summed E-state index contributed by atoms with van der Waals surface area (Å²) in [4.78, 5) is 59.0. The molecule has 0 aliphatic rings. The van der Waals surface area contributed by atoms with Crippen LogP contribution in [0.5, 0.6) is 0 Å². The summed E-state index contributed by atoms with van der Waals surface area (Å²) < 4.78 is 0. The second kappa shape index (κ2) is 13.0. The Bertz CT molecular complexity index is 613. The number of aliphatic carboxylic acids is 2. The molecule has 12 heteroatoms. The van der Waals surface area contributed by atoms with Crippen LogP contribution in [0.3, 0.4) is 0 Å². The molecule has 0 rings (SSSR count). The third kappa shape index (κ3) is 10.1. The highest BCUT2D eigenvalue weighted by molar-refractivity contribution is 7.98. The quantitative estimate of drug-likeness (QED) is 0.206. The van der Waals surface area contributed by atoms with Gasteiger partial charge in [-0.2, -0.15) is 11.8 Å². The fourth-order valence-electron chi connectivity index (χ4n) is 2.23. The summed E-state index contributed by atoms with van der Waals surface area (Å²) in [5, 5.41) is 25.1. The Morgan fingerprint density at radius 2 is 1.45 bits per heavy atom. The van der Waals surface area contributed by atoms with Gasteiger partial charge in [0.05, 0.1) is 12.5 Å². The van der Waals surface area contributed by atoms with E-state index in [4.69, 9.17) is 15.9 Å². The third-order valence-electron chi connectivity index (χ3n) is 3.90. The average Bonchev–Trinajstić information content (AvgIpc) is 2.60. The molecule has 0 aromatic rings. The Labute approximate surface area is 173 Å². The molecule has 166 valence electrons. The Kier molecular flexibility index (Phi) is 11.9. The van der Waals surface area contributed by atoms with Gasteiger partial charge in [-0.3, -0.25) is 19.2 Å². The highest BCUT2D eigenvalue weighted by atomic mass is 32.2. The largest absolute Gasteiger partial charge is 0.481 e. The van der Waals surface area contributed by atoms with Crippen LogP contribution in [-0.2, 0) is 24.0 Å². The van der Waals surface area contributed by atoms with Crippen molar-refractivity contribution >= 4 is 41.4 Å². The molecule has 0 saturated carbocycles. The maximum atomic E-state index is 12.7. The SMILES string of the molecule is CSCCC(NC(=O)C(NC(=O)C(C)N)C(C)C)C(=O)NC(CC(=O)O)C(=O)O. The smallest absolute Gasteiger partial charge is 0.326 e. The van der Waals surface area contributed by atoms with Crippen LogP contribution < -0.4 is 21.7 Å². The van der Waals surface area contributed by atoms with Gasteiger partial charge in [-0.05, 0) is 31.3 Å². The maximum Gasteiger partial charge on any atom is 0.326 e. The van der Waals surface area contributed by atoms with Crippen LogP contribution in [0.2, 0.25) is 0 Å². The molecule has 0 saturated heterocycles. The van der Waals surface area contributed by atoms with E-state index in [1.54, 1.807) is 20.1 Å². The molecule has 4 unspecified atom stereocenters. The van der Waals surface area contributed by atoms with Gasteiger partial charge in [0.15, 0.2) is 0 Å². The molecule has 0 aromatic carbocycles. The summed E-state index contributed by atoms with van der Waals surface area (Å²) in [5.41, 5.74) is 5.51. The number of carboxylic acids is 2. The molecule has 0 aliphatic carbocycles. The normalized spacial score (nSPS) is 15.0. The molecule has 0 aliphatic heterocycles. The Hall–Kier alpha value is -2.34. The zero-order valence-electron chi connectivity index (χ0n) is 16.9. The molecule has 7 N–H and O–H groups in total. The van der Waals surface area contributed by atoms with Gasteiger partial charge in [0.1, 0.15) is 18.1 Å². The number of nitrogens with one attached hydrogen (secondary N) is 3. The molecule has 0 bridgehead atoms. The minimum atomic E-state index is -1.63. The Morgan fingerprint density at radius 3 is 1.86 bits per heavy atom. The summed E-state index contributed by atoms with van der Waals surface area (Å²) in [6, 6.07) is -4.51. The number of nitrogens with two attached hydrogens (primary N) is 1. The second-order valence-corrected chi connectivity index (χ2v) is 7.84. The third-order valence-corrected chi connectivity index (χ3v) is 4.54. The lowest BCUT2D eigenvalue weighted by atomic mass is 10.0. The minimum Gasteiger partial charge on any atom is -0.481 e. The van der Waals surface area contributed by atoms with Crippen molar-refractivity contribution < 1.29 is 34.2 Å². The second-order valence-electron chi connectivity index (χ2n) is 6.86. The van der Waals surface area contributed by atoms with E-state index in [0.29, 0.717) is 5.75 Å². The first-order valence-electron chi connectivity index (χ1n) is 9.00. The zero-order chi connectivity index (χ0) is 22.7. The van der Waals surface area contributed by atoms with Crippen molar-refractivity contribution in [2.24, 2.45) is 11.7 Å². The summed E-state index contributed by atoms with van der Waals surface area (Å²) in [7, 11) is 0. The van der Waals surface area contributed by atoms with E-state index in [-0.39, 0.29) is 12.3 Å². The first-order chi connectivity index (χ1) is 13.4. The predicted octanol–water partition coefficient (Wildman–Crippen LogP) is -1.24. The molecule has 0 heterocycles. The van der Waals surface area contributed by atoms with Gasteiger partial charge in [-0.1, -0.05) is 13.8 Å². The van der Waals surface area contributed by atoms with E-state index in [0.717, 1.165) is 0 Å². The molecular weight excluding hydrogens is 404 g/mol. The molecule has 0 spiro atoms. The van der Waals surface area contributed by atoms with E-state index in [9.17, 15) is 24.0 Å². The van der Waals surface area contributed by atoms with Crippen LogP contribution in [0.1, 0.15) is 33.6 Å². The van der Waals surface area contributed by atoms with E-state index in [1.165, 1.54) is 18.7 Å². The van der Waals surface area contributed by atoms with Gasteiger partial charge in [-0.15, -0.1) is 0 Å². The van der Waals surface area contributed by atoms with E-state index >= 15 is 0 Å². The van der Waals surface area contributed by atoms with Crippen molar-refractivity contribution in [3.63, 3.8) is 0 Å². The van der Waals surface area contributed by atoms with Gasteiger partial charge < -0.3 is 31.9 Å². The average molecular weight is 435 g/mol. The van der Waals surface area contributed by atoms with Gasteiger partial charge in [-0.25, -0.2) is 4.79 Å². The first-order valence-corrected chi connectivity index (χ1v) is 10.4. The number of carbonyl (C=O) groups is 5. The number of carbonyl (C=O) groups excluding carboxylic acids is 3. The van der Waals surface area contributed by atoms with Crippen LogP contribution in [0.25, 0.3) is 0 Å². The number of carboxylic acid groups (broad SMARTS) is 2. The van der Waals surface area contributed by atoms with Crippen LogP contribution in [0.15, 0.2) is 0 Å². The Balaban J connectivity index is 5.34. The predicted molar refractivity (Wildman–Crippen MR) is 107 cm³/mol. The van der Waals surface area contributed by atoms with E-state index in [2.05, 4.69) is 16.0 Å². The van der Waals surface area contributed by atoms with Crippen molar-refractivity contribution in [3.05, 3.63) is 0 Å². The lowest BCUT2D eigenvalue weighted by Gasteiger charge is -2.26. The maximum absolute atomic E-state index is 12.7. The number of amides is 3. The summed E-state index contributed by atoms with van der Waals surface area (Å²) in [5.74, 6) is -4.69. The molecule has 3 amide bonds. The molecule has 0 radical (unpaired) electrons. The lowest BCUT2D eigenvalue weighted by molar-refractivity contribution is -0.147. The van der Waals surface area contributed by atoms with E-state index < -0.39 is 60.2 Å². The number of hydrogen-bond donors (Lipinski definition) is 6. The van der Waals surface area contributed by atoms with Gasteiger partial charge in [0.25, 0.3) is 0 Å².